The zero-order valence-electron chi connectivity index (χ0n) is 9.17. The maximum Gasteiger partial charge on any atom is 0.165 e. The van der Waals surface area contributed by atoms with E-state index in [-0.39, 0.29) is 11.8 Å². The van der Waals surface area contributed by atoms with Gasteiger partial charge < -0.3 is 9.47 Å². The van der Waals surface area contributed by atoms with Gasteiger partial charge in [-0.15, -0.1) is 6.58 Å². The molecule has 1 heterocycles. The van der Waals surface area contributed by atoms with Crippen molar-refractivity contribution in [3.63, 3.8) is 0 Å². The fourth-order valence-corrected chi connectivity index (χ4v) is 2.64. The Morgan fingerprint density at radius 2 is 2.21 bits per heavy atom. The Bertz CT molecular complexity index is 252. The minimum absolute atomic E-state index is 0.111. The summed E-state index contributed by atoms with van der Waals surface area (Å²) >= 11 is 0. The Morgan fingerprint density at radius 1 is 1.50 bits per heavy atom. The second-order valence-electron chi connectivity index (χ2n) is 4.62. The van der Waals surface area contributed by atoms with E-state index in [1.165, 1.54) is 0 Å². The van der Waals surface area contributed by atoms with Crippen molar-refractivity contribution in [3.8, 4) is 0 Å². The number of hydrogen-bond acceptors (Lipinski definition) is 3. The standard InChI is InChI=1S/C11H19NO2/c1-5-8-6-7-11(12-4)9(8)13-10(2,3)14-11/h5,8-9,12H,1,6-7H2,2-4H3. The van der Waals surface area contributed by atoms with Gasteiger partial charge in [0.05, 0.1) is 0 Å². The van der Waals surface area contributed by atoms with E-state index in [9.17, 15) is 0 Å². The minimum Gasteiger partial charge on any atom is -0.342 e. The van der Waals surface area contributed by atoms with Crippen LogP contribution >= 0.6 is 0 Å². The second-order valence-corrected chi connectivity index (χ2v) is 4.62. The van der Waals surface area contributed by atoms with Gasteiger partial charge in [-0.1, -0.05) is 6.08 Å². The topological polar surface area (TPSA) is 30.5 Å². The van der Waals surface area contributed by atoms with E-state index in [1.807, 2.05) is 27.0 Å². The molecule has 1 aliphatic carbocycles. The molecule has 0 spiro atoms. The van der Waals surface area contributed by atoms with Gasteiger partial charge in [-0.25, -0.2) is 0 Å². The van der Waals surface area contributed by atoms with E-state index < -0.39 is 5.79 Å². The molecule has 2 aliphatic rings. The Balaban J connectivity index is 2.26. The normalized spacial score (nSPS) is 45.1. The molecule has 80 valence electrons. The summed E-state index contributed by atoms with van der Waals surface area (Å²) in [5.74, 6) is -0.0701. The van der Waals surface area contributed by atoms with E-state index >= 15 is 0 Å². The average molecular weight is 197 g/mol. The van der Waals surface area contributed by atoms with Crippen LogP contribution in [0, 0.1) is 5.92 Å². The highest BCUT2D eigenvalue weighted by Gasteiger charge is 2.58. The molecule has 3 unspecified atom stereocenters. The smallest absolute Gasteiger partial charge is 0.165 e. The molecule has 1 saturated heterocycles. The molecule has 3 nitrogen and oxygen atoms in total. The molecule has 2 rings (SSSR count). The summed E-state index contributed by atoms with van der Waals surface area (Å²) < 4.78 is 11.9. The first kappa shape index (κ1) is 10.1. The molecule has 1 N–H and O–H groups in total. The lowest BCUT2D eigenvalue weighted by Gasteiger charge is -2.27. The maximum atomic E-state index is 5.96. The monoisotopic (exact) mass is 197 g/mol. The summed E-state index contributed by atoms with van der Waals surface area (Å²) in [5.41, 5.74) is -0.289. The SMILES string of the molecule is C=CC1CCC2(NC)OC(C)(C)OC12. The van der Waals surface area contributed by atoms with Gasteiger partial charge in [0.25, 0.3) is 0 Å². The highest BCUT2D eigenvalue weighted by molar-refractivity contribution is 5.07. The highest BCUT2D eigenvalue weighted by Crippen LogP contribution is 2.47. The summed E-state index contributed by atoms with van der Waals surface area (Å²) in [7, 11) is 1.93. The van der Waals surface area contributed by atoms with Crippen molar-refractivity contribution in [2.24, 2.45) is 5.92 Å². The predicted octanol–water partition coefficient (Wildman–Crippen LogP) is 1.65. The first-order chi connectivity index (χ1) is 6.53. The van der Waals surface area contributed by atoms with Crippen LogP contribution in [0.4, 0.5) is 0 Å². The maximum absolute atomic E-state index is 5.96. The van der Waals surface area contributed by atoms with Gasteiger partial charge in [-0.05, 0) is 33.7 Å². The molecule has 3 atom stereocenters. The Morgan fingerprint density at radius 3 is 2.79 bits per heavy atom. The molecule has 3 heteroatoms. The third-order valence-electron chi connectivity index (χ3n) is 3.26. The quantitative estimate of drug-likeness (QED) is 0.683. The molecule has 0 aromatic carbocycles. The third kappa shape index (κ3) is 1.31. The van der Waals surface area contributed by atoms with E-state index in [4.69, 9.17) is 9.47 Å². The Labute approximate surface area is 85.5 Å². The van der Waals surface area contributed by atoms with Gasteiger partial charge in [0.2, 0.25) is 0 Å². The van der Waals surface area contributed by atoms with Gasteiger partial charge in [0, 0.05) is 5.92 Å². The predicted molar refractivity (Wildman–Crippen MR) is 54.7 cm³/mol. The molecule has 1 aliphatic heterocycles. The molecular weight excluding hydrogens is 178 g/mol. The molecule has 0 aromatic heterocycles. The fraction of sp³-hybridized carbons (Fsp3) is 0.818. The van der Waals surface area contributed by atoms with Crippen LogP contribution in [0.25, 0.3) is 0 Å². The number of fused-ring (bicyclic) bond motifs is 1. The molecule has 14 heavy (non-hydrogen) atoms. The lowest BCUT2D eigenvalue weighted by atomic mass is 10.0. The molecule has 0 amide bonds. The largest absolute Gasteiger partial charge is 0.342 e. The summed E-state index contributed by atoms with van der Waals surface area (Å²) in [6, 6.07) is 0. The Hall–Kier alpha value is -0.380. The van der Waals surface area contributed by atoms with Crippen LogP contribution < -0.4 is 5.32 Å². The van der Waals surface area contributed by atoms with Gasteiger partial charge >= 0.3 is 0 Å². The van der Waals surface area contributed by atoms with Crippen molar-refractivity contribution >= 4 is 0 Å². The van der Waals surface area contributed by atoms with Crippen molar-refractivity contribution in [2.75, 3.05) is 7.05 Å². The fourth-order valence-electron chi connectivity index (χ4n) is 2.64. The van der Waals surface area contributed by atoms with E-state index in [1.54, 1.807) is 0 Å². The van der Waals surface area contributed by atoms with Gasteiger partial charge in [-0.2, -0.15) is 0 Å². The van der Waals surface area contributed by atoms with E-state index in [0.717, 1.165) is 12.8 Å². The zero-order valence-corrected chi connectivity index (χ0v) is 9.17. The zero-order chi connectivity index (χ0) is 10.4. The number of nitrogens with one attached hydrogen (secondary N) is 1. The highest BCUT2D eigenvalue weighted by atomic mass is 16.8. The molecule has 1 saturated carbocycles. The second kappa shape index (κ2) is 3.05. The van der Waals surface area contributed by atoms with Crippen molar-refractivity contribution < 1.29 is 9.47 Å². The van der Waals surface area contributed by atoms with Crippen molar-refractivity contribution in [1.82, 2.24) is 5.32 Å². The summed E-state index contributed by atoms with van der Waals surface area (Å²) in [6.07, 6.45) is 4.17. The third-order valence-corrected chi connectivity index (χ3v) is 3.26. The van der Waals surface area contributed by atoms with Gasteiger partial charge in [-0.3, -0.25) is 5.32 Å². The first-order valence-electron chi connectivity index (χ1n) is 5.22. The lowest BCUT2D eigenvalue weighted by molar-refractivity contribution is -0.174. The van der Waals surface area contributed by atoms with Crippen LogP contribution in [-0.2, 0) is 9.47 Å². The minimum atomic E-state index is -0.477. The summed E-state index contributed by atoms with van der Waals surface area (Å²) in [5, 5.41) is 3.26. The number of rotatable bonds is 2. The number of hydrogen-bond donors (Lipinski definition) is 1. The number of likely N-dealkylation sites (N-methyl/N-ethyl adjacent to an activating group) is 1. The molecule has 0 bridgehead atoms. The summed E-state index contributed by atoms with van der Waals surface area (Å²) in [6.45, 7) is 7.78. The van der Waals surface area contributed by atoms with Crippen LogP contribution in [0.3, 0.4) is 0 Å². The van der Waals surface area contributed by atoms with Crippen LogP contribution in [-0.4, -0.2) is 24.7 Å². The lowest BCUT2D eigenvalue weighted by Crippen LogP contribution is -2.49. The average Bonchev–Trinajstić information content (AvgIpc) is 2.56. The molecule has 0 radical (unpaired) electrons. The van der Waals surface area contributed by atoms with Crippen molar-refractivity contribution in [2.45, 2.75) is 44.3 Å². The van der Waals surface area contributed by atoms with Crippen LogP contribution in [0.1, 0.15) is 26.7 Å². The number of ether oxygens (including phenoxy) is 2. The van der Waals surface area contributed by atoms with Crippen molar-refractivity contribution in [1.29, 1.82) is 0 Å². The molecule has 0 aromatic rings. The van der Waals surface area contributed by atoms with Crippen LogP contribution in [0.15, 0.2) is 12.7 Å². The molecular formula is C11H19NO2. The molecule has 2 fully saturated rings. The van der Waals surface area contributed by atoms with Crippen molar-refractivity contribution in [3.05, 3.63) is 12.7 Å². The van der Waals surface area contributed by atoms with Crippen LogP contribution in [0.5, 0.6) is 0 Å². The van der Waals surface area contributed by atoms with Gasteiger partial charge in [0.15, 0.2) is 5.79 Å². The van der Waals surface area contributed by atoms with Gasteiger partial charge in [0.1, 0.15) is 11.8 Å². The van der Waals surface area contributed by atoms with E-state index in [0.29, 0.717) is 5.92 Å². The summed E-state index contributed by atoms with van der Waals surface area (Å²) in [4.78, 5) is 0. The van der Waals surface area contributed by atoms with Crippen LogP contribution in [0.2, 0.25) is 0 Å². The van der Waals surface area contributed by atoms with E-state index in [2.05, 4.69) is 11.9 Å². The Kier molecular flexibility index (Phi) is 2.21. The first-order valence-corrected chi connectivity index (χ1v) is 5.22.